The van der Waals surface area contributed by atoms with Crippen LogP contribution in [0.4, 0.5) is 5.69 Å². The topological polar surface area (TPSA) is 73.9 Å². The van der Waals surface area contributed by atoms with Gasteiger partial charge in [-0.1, -0.05) is 40.9 Å². The predicted octanol–water partition coefficient (Wildman–Crippen LogP) is 4.39. The minimum Gasteiger partial charge on any atom is -0.497 e. The van der Waals surface area contributed by atoms with Gasteiger partial charge in [-0.15, -0.1) is 0 Å². The second kappa shape index (κ2) is 9.69. The molecule has 9 heteroatoms. The number of ether oxygens (including phenoxy) is 3. The summed E-state index contributed by atoms with van der Waals surface area (Å²) in [5.74, 6) is -0.0700. The molecule has 2 aromatic rings. The van der Waals surface area contributed by atoms with Gasteiger partial charge in [0.05, 0.1) is 41.4 Å². The number of benzene rings is 2. The van der Waals surface area contributed by atoms with E-state index in [4.69, 9.17) is 49.0 Å². The highest BCUT2D eigenvalue weighted by Gasteiger charge is 2.14. The van der Waals surface area contributed by atoms with E-state index in [1.807, 2.05) is 0 Å². The van der Waals surface area contributed by atoms with Crippen molar-refractivity contribution in [3.63, 3.8) is 0 Å². The molecule has 2 aromatic carbocycles. The van der Waals surface area contributed by atoms with Gasteiger partial charge in [-0.25, -0.2) is 0 Å². The molecule has 0 spiro atoms. The Kier molecular flexibility index (Phi) is 7.59. The number of rotatable bonds is 7. The minimum atomic E-state index is -0.589. The molecule has 2 rings (SSSR count). The van der Waals surface area contributed by atoms with Crippen molar-refractivity contribution < 1.29 is 23.8 Å². The summed E-state index contributed by atoms with van der Waals surface area (Å²) in [4.78, 5) is 24.0. The Bertz CT molecular complexity index is 857. The van der Waals surface area contributed by atoms with Crippen molar-refractivity contribution in [1.29, 1.82) is 0 Å². The van der Waals surface area contributed by atoms with E-state index in [0.717, 1.165) is 0 Å². The van der Waals surface area contributed by atoms with E-state index in [1.54, 1.807) is 18.2 Å². The van der Waals surface area contributed by atoms with E-state index in [2.05, 4.69) is 5.32 Å². The van der Waals surface area contributed by atoms with Crippen LogP contribution >= 0.6 is 34.8 Å². The third-order valence-corrected chi connectivity index (χ3v) is 4.51. The molecule has 0 fully saturated rings. The van der Waals surface area contributed by atoms with Gasteiger partial charge in [-0.3, -0.25) is 9.59 Å². The minimum absolute atomic E-state index is 0.0615. The number of amides is 1. The van der Waals surface area contributed by atoms with Crippen molar-refractivity contribution in [1.82, 2.24) is 0 Å². The maximum absolute atomic E-state index is 12.0. The van der Waals surface area contributed by atoms with Gasteiger partial charge in [0.2, 0.25) is 0 Å². The van der Waals surface area contributed by atoms with Crippen LogP contribution in [0, 0.1) is 0 Å². The first-order valence-corrected chi connectivity index (χ1v) is 8.78. The molecule has 0 aliphatic heterocycles. The zero-order chi connectivity index (χ0) is 20.0. The molecule has 0 heterocycles. The Balaban J connectivity index is 1.92. The number of anilines is 1. The number of carbonyl (C=O) groups is 2. The van der Waals surface area contributed by atoms with Gasteiger partial charge < -0.3 is 19.5 Å². The first kappa shape index (κ1) is 21.2. The molecule has 0 saturated carbocycles. The lowest BCUT2D eigenvalue weighted by Crippen LogP contribution is -2.22. The van der Waals surface area contributed by atoms with E-state index in [0.29, 0.717) is 17.1 Å². The van der Waals surface area contributed by atoms with Gasteiger partial charge in [-0.2, -0.15) is 0 Å². The second-order valence-corrected chi connectivity index (χ2v) is 6.53. The summed E-state index contributed by atoms with van der Waals surface area (Å²) in [6.45, 7) is -0.478. The van der Waals surface area contributed by atoms with E-state index in [1.165, 1.54) is 26.4 Å². The highest BCUT2D eigenvalue weighted by molar-refractivity contribution is 6.44. The molecule has 6 nitrogen and oxygen atoms in total. The Morgan fingerprint density at radius 1 is 0.963 bits per heavy atom. The summed E-state index contributed by atoms with van der Waals surface area (Å²) in [5, 5.41) is 3.22. The number of halogens is 3. The highest BCUT2D eigenvalue weighted by Crippen LogP contribution is 2.32. The smallest absolute Gasteiger partial charge is 0.310 e. The summed E-state index contributed by atoms with van der Waals surface area (Å²) in [7, 11) is 3.01. The Morgan fingerprint density at radius 2 is 1.67 bits per heavy atom. The molecular weight excluding hydrogens is 417 g/mol. The SMILES string of the molecule is COc1ccc(CC(=O)OCC(=O)Nc2cc(Cl)c(Cl)cc2Cl)c(OC)c1. The summed E-state index contributed by atoms with van der Waals surface area (Å²) >= 11 is 17.7. The summed E-state index contributed by atoms with van der Waals surface area (Å²) in [5.41, 5.74) is 0.875. The number of hydrogen-bond donors (Lipinski definition) is 1. The van der Waals surface area contributed by atoms with Crippen LogP contribution in [0.2, 0.25) is 15.1 Å². The summed E-state index contributed by atoms with van der Waals surface area (Å²) < 4.78 is 15.3. The van der Waals surface area contributed by atoms with Gasteiger partial charge in [0, 0.05) is 11.6 Å². The molecule has 1 amide bonds. The Labute approximate surface area is 171 Å². The fraction of sp³-hybridized carbons (Fsp3) is 0.222. The Hall–Kier alpha value is -2.15. The fourth-order valence-electron chi connectivity index (χ4n) is 2.16. The van der Waals surface area contributed by atoms with Crippen molar-refractivity contribution in [3.05, 3.63) is 51.0 Å². The molecule has 0 saturated heterocycles. The van der Waals surface area contributed by atoms with Crippen molar-refractivity contribution in [2.45, 2.75) is 6.42 Å². The van der Waals surface area contributed by atoms with Crippen LogP contribution in [-0.4, -0.2) is 32.7 Å². The molecule has 0 aromatic heterocycles. The predicted molar refractivity (Wildman–Crippen MR) is 104 cm³/mol. The van der Waals surface area contributed by atoms with Crippen LogP contribution < -0.4 is 14.8 Å². The largest absolute Gasteiger partial charge is 0.497 e. The lowest BCUT2D eigenvalue weighted by atomic mass is 10.1. The van der Waals surface area contributed by atoms with E-state index >= 15 is 0 Å². The molecule has 0 aliphatic carbocycles. The van der Waals surface area contributed by atoms with Crippen LogP contribution in [0.5, 0.6) is 11.5 Å². The van der Waals surface area contributed by atoms with Gasteiger partial charge in [0.15, 0.2) is 6.61 Å². The maximum atomic E-state index is 12.0. The van der Waals surface area contributed by atoms with Gasteiger partial charge in [0.25, 0.3) is 5.91 Å². The van der Waals surface area contributed by atoms with E-state index in [-0.39, 0.29) is 27.2 Å². The molecule has 144 valence electrons. The lowest BCUT2D eigenvalue weighted by Gasteiger charge is -2.11. The maximum Gasteiger partial charge on any atom is 0.310 e. The average Bonchev–Trinajstić information content (AvgIpc) is 2.64. The third kappa shape index (κ3) is 5.92. The van der Waals surface area contributed by atoms with Crippen molar-refractivity contribution in [3.8, 4) is 11.5 Å². The zero-order valence-electron chi connectivity index (χ0n) is 14.5. The van der Waals surface area contributed by atoms with Gasteiger partial charge in [-0.05, 0) is 18.2 Å². The Morgan fingerprint density at radius 3 is 2.33 bits per heavy atom. The van der Waals surface area contributed by atoms with Crippen LogP contribution in [0.3, 0.4) is 0 Å². The highest BCUT2D eigenvalue weighted by atomic mass is 35.5. The number of methoxy groups -OCH3 is 2. The molecule has 0 atom stereocenters. The monoisotopic (exact) mass is 431 g/mol. The summed E-state index contributed by atoms with van der Waals surface area (Å²) in [6.07, 6.45) is -0.0615. The first-order chi connectivity index (χ1) is 12.8. The summed E-state index contributed by atoms with van der Waals surface area (Å²) in [6, 6.07) is 7.86. The number of hydrogen-bond acceptors (Lipinski definition) is 5. The van der Waals surface area contributed by atoms with E-state index < -0.39 is 18.5 Å². The fourth-order valence-corrected chi connectivity index (χ4v) is 2.75. The first-order valence-electron chi connectivity index (χ1n) is 7.65. The van der Waals surface area contributed by atoms with Crippen LogP contribution in [0.1, 0.15) is 5.56 Å². The molecule has 0 radical (unpaired) electrons. The number of nitrogens with one attached hydrogen (secondary N) is 1. The second-order valence-electron chi connectivity index (χ2n) is 5.31. The van der Waals surface area contributed by atoms with Crippen molar-refractivity contribution in [2.75, 3.05) is 26.1 Å². The molecule has 0 aliphatic rings. The number of esters is 1. The van der Waals surface area contributed by atoms with Crippen LogP contribution in [0.25, 0.3) is 0 Å². The van der Waals surface area contributed by atoms with Gasteiger partial charge in [0.1, 0.15) is 11.5 Å². The molecule has 0 unspecified atom stereocenters. The number of carbonyl (C=O) groups excluding carboxylic acids is 2. The third-order valence-electron chi connectivity index (χ3n) is 3.48. The molecule has 27 heavy (non-hydrogen) atoms. The van der Waals surface area contributed by atoms with Gasteiger partial charge >= 0.3 is 5.97 Å². The standard InChI is InChI=1S/C18H16Cl3NO5/c1-25-11-4-3-10(16(6-11)26-2)5-18(24)27-9-17(23)22-15-8-13(20)12(19)7-14(15)21/h3-4,6-8H,5,9H2,1-2H3,(H,22,23). The lowest BCUT2D eigenvalue weighted by molar-refractivity contribution is -0.146. The van der Waals surface area contributed by atoms with Crippen molar-refractivity contribution in [2.24, 2.45) is 0 Å². The molecule has 1 N–H and O–H groups in total. The van der Waals surface area contributed by atoms with Crippen molar-refractivity contribution >= 4 is 52.4 Å². The molecular formula is C18H16Cl3NO5. The van der Waals surface area contributed by atoms with E-state index in [9.17, 15) is 9.59 Å². The quantitative estimate of drug-likeness (QED) is 0.519. The van der Waals surface area contributed by atoms with Crippen LogP contribution in [-0.2, 0) is 20.7 Å². The normalized spacial score (nSPS) is 10.3. The zero-order valence-corrected chi connectivity index (χ0v) is 16.7. The molecule has 0 bridgehead atoms. The van der Waals surface area contributed by atoms with Crippen LogP contribution in [0.15, 0.2) is 30.3 Å². The average molecular weight is 433 g/mol.